The molecule has 0 fully saturated rings. The molecule has 1 N–H and O–H groups in total. The first kappa shape index (κ1) is 17.7. The lowest BCUT2D eigenvalue weighted by Crippen LogP contribution is -2.40. The van der Waals surface area contributed by atoms with Gasteiger partial charge in [0.1, 0.15) is 6.54 Å². The highest BCUT2D eigenvalue weighted by Crippen LogP contribution is 2.20. The second-order valence-corrected chi connectivity index (χ2v) is 6.71. The fraction of sp³-hybridized carbons (Fsp3) is 0.444. The van der Waals surface area contributed by atoms with Gasteiger partial charge in [-0.2, -0.15) is 0 Å². The number of benzene rings is 1. The molecule has 1 aromatic carbocycles. The third-order valence-electron chi connectivity index (χ3n) is 3.97. The normalized spacial score (nSPS) is 14.1. The lowest BCUT2D eigenvalue weighted by Gasteiger charge is -2.21. The van der Waals surface area contributed by atoms with Gasteiger partial charge >= 0.3 is 0 Å². The number of halogens is 1. The molecule has 0 heterocycles. The van der Waals surface area contributed by atoms with Crippen LogP contribution in [0.4, 0.5) is 5.69 Å². The van der Waals surface area contributed by atoms with Crippen molar-refractivity contribution >= 4 is 33.4 Å². The minimum absolute atomic E-state index is 0.0516. The molecule has 23 heavy (non-hydrogen) atoms. The summed E-state index contributed by atoms with van der Waals surface area (Å²) in [5.41, 5.74) is 2.17. The average Bonchev–Trinajstić information content (AvgIpc) is 2.54. The van der Waals surface area contributed by atoms with E-state index in [2.05, 4.69) is 27.3 Å². The van der Waals surface area contributed by atoms with E-state index in [1.807, 2.05) is 24.3 Å². The van der Waals surface area contributed by atoms with Crippen molar-refractivity contribution in [3.63, 3.8) is 0 Å². The van der Waals surface area contributed by atoms with Gasteiger partial charge < -0.3 is 10.2 Å². The van der Waals surface area contributed by atoms with Crippen molar-refractivity contribution in [3.8, 4) is 0 Å². The number of hydrogen-bond donors (Lipinski definition) is 1. The van der Waals surface area contributed by atoms with E-state index in [1.54, 1.807) is 0 Å². The summed E-state index contributed by atoms with van der Waals surface area (Å²) in [5.74, 6) is -0.267. The van der Waals surface area contributed by atoms with E-state index in [4.69, 9.17) is 0 Å². The van der Waals surface area contributed by atoms with Gasteiger partial charge in [-0.05, 0) is 56.4 Å². The van der Waals surface area contributed by atoms with Crippen LogP contribution in [0.15, 0.2) is 40.4 Å². The molecule has 0 aromatic heterocycles. The number of amides is 2. The number of nitrogens with one attached hydrogen (secondary N) is 1. The summed E-state index contributed by atoms with van der Waals surface area (Å²) in [7, 11) is 0. The summed E-state index contributed by atoms with van der Waals surface area (Å²) in [5, 5.41) is 2.91. The second-order valence-electron chi connectivity index (χ2n) is 5.79. The standard InChI is InChI=1S/C18H23BrN2O2/c1-14(22)21(17-9-7-16(19)8-10-17)13-18(23)20-12-11-15-5-3-2-4-6-15/h5,7-10H,2-4,6,11-13H2,1H3,(H,20,23). The van der Waals surface area contributed by atoms with Gasteiger partial charge in [0.15, 0.2) is 0 Å². The average molecular weight is 379 g/mol. The summed E-state index contributed by atoms with van der Waals surface area (Å²) in [6.45, 7) is 2.16. The Hall–Kier alpha value is -1.62. The highest BCUT2D eigenvalue weighted by atomic mass is 79.9. The van der Waals surface area contributed by atoms with Gasteiger partial charge in [-0.25, -0.2) is 0 Å². The first-order valence-electron chi connectivity index (χ1n) is 8.04. The van der Waals surface area contributed by atoms with Gasteiger partial charge in [0.2, 0.25) is 11.8 Å². The van der Waals surface area contributed by atoms with Crippen LogP contribution in [0.2, 0.25) is 0 Å². The summed E-state index contributed by atoms with van der Waals surface area (Å²) in [6, 6.07) is 7.37. The molecule has 1 aliphatic rings. The molecular formula is C18H23BrN2O2. The van der Waals surface area contributed by atoms with Gasteiger partial charge in [0.25, 0.3) is 0 Å². The highest BCUT2D eigenvalue weighted by Gasteiger charge is 2.15. The maximum absolute atomic E-state index is 12.1. The highest BCUT2D eigenvalue weighted by molar-refractivity contribution is 9.10. The molecule has 5 heteroatoms. The minimum atomic E-state index is -0.141. The molecule has 0 saturated heterocycles. The third-order valence-corrected chi connectivity index (χ3v) is 4.50. The third kappa shape index (κ3) is 5.82. The Balaban J connectivity index is 1.84. The van der Waals surface area contributed by atoms with Gasteiger partial charge in [-0.1, -0.05) is 27.6 Å². The van der Waals surface area contributed by atoms with Crippen LogP contribution in [-0.2, 0) is 9.59 Å². The first-order chi connectivity index (χ1) is 11.1. The molecule has 0 atom stereocenters. The molecule has 1 aromatic rings. The number of carbonyl (C=O) groups excluding carboxylic acids is 2. The number of nitrogens with zero attached hydrogens (tertiary/aromatic N) is 1. The Bertz CT molecular complexity index is 581. The fourth-order valence-electron chi connectivity index (χ4n) is 2.70. The summed E-state index contributed by atoms with van der Waals surface area (Å²) in [4.78, 5) is 25.4. The van der Waals surface area contributed by atoms with Crippen LogP contribution >= 0.6 is 15.9 Å². The number of anilines is 1. The second kappa shape index (κ2) is 8.87. The molecule has 124 valence electrons. The molecule has 0 bridgehead atoms. The van der Waals surface area contributed by atoms with Crippen LogP contribution in [0.5, 0.6) is 0 Å². The Labute approximate surface area is 146 Å². The number of hydrogen-bond acceptors (Lipinski definition) is 2. The Morgan fingerprint density at radius 3 is 2.57 bits per heavy atom. The van der Waals surface area contributed by atoms with Crippen LogP contribution in [-0.4, -0.2) is 24.9 Å². The SMILES string of the molecule is CC(=O)N(CC(=O)NCCC1=CCCCC1)c1ccc(Br)cc1. The minimum Gasteiger partial charge on any atom is -0.354 e. The van der Waals surface area contributed by atoms with Crippen molar-refractivity contribution in [2.75, 3.05) is 18.0 Å². The van der Waals surface area contributed by atoms with Crippen molar-refractivity contribution < 1.29 is 9.59 Å². The molecule has 2 rings (SSSR count). The predicted octanol–water partition coefficient (Wildman–Crippen LogP) is 3.81. The van der Waals surface area contributed by atoms with Crippen molar-refractivity contribution in [2.24, 2.45) is 0 Å². The summed E-state index contributed by atoms with van der Waals surface area (Å²) < 4.78 is 0.940. The van der Waals surface area contributed by atoms with E-state index in [0.29, 0.717) is 6.54 Å². The quantitative estimate of drug-likeness (QED) is 0.765. The molecule has 0 spiro atoms. The number of allylic oxidation sites excluding steroid dienone is 1. The first-order valence-corrected chi connectivity index (χ1v) is 8.84. The Kier molecular flexibility index (Phi) is 6.84. The lowest BCUT2D eigenvalue weighted by atomic mass is 9.97. The number of rotatable bonds is 6. The van der Waals surface area contributed by atoms with Crippen LogP contribution in [0.1, 0.15) is 39.0 Å². The van der Waals surface area contributed by atoms with Gasteiger partial charge in [-0.3, -0.25) is 9.59 Å². The molecule has 0 radical (unpaired) electrons. The van der Waals surface area contributed by atoms with E-state index in [1.165, 1.54) is 30.2 Å². The summed E-state index contributed by atoms with van der Waals surface area (Å²) >= 11 is 3.37. The summed E-state index contributed by atoms with van der Waals surface area (Å²) in [6.07, 6.45) is 8.03. The zero-order valence-electron chi connectivity index (χ0n) is 13.5. The number of carbonyl (C=O) groups is 2. The smallest absolute Gasteiger partial charge is 0.240 e. The maximum Gasteiger partial charge on any atom is 0.240 e. The monoisotopic (exact) mass is 378 g/mol. The van der Waals surface area contributed by atoms with Gasteiger partial charge in [-0.15, -0.1) is 0 Å². The molecule has 1 aliphatic carbocycles. The predicted molar refractivity (Wildman–Crippen MR) is 96.3 cm³/mol. The van der Waals surface area contributed by atoms with Crippen LogP contribution in [0.3, 0.4) is 0 Å². The van der Waals surface area contributed by atoms with Crippen molar-refractivity contribution in [2.45, 2.75) is 39.0 Å². The largest absolute Gasteiger partial charge is 0.354 e. The van der Waals surface area contributed by atoms with E-state index >= 15 is 0 Å². The van der Waals surface area contributed by atoms with Gasteiger partial charge in [0.05, 0.1) is 0 Å². The molecule has 4 nitrogen and oxygen atoms in total. The molecule has 0 unspecified atom stereocenters. The van der Waals surface area contributed by atoms with E-state index in [9.17, 15) is 9.59 Å². The van der Waals surface area contributed by atoms with Crippen molar-refractivity contribution in [1.29, 1.82) is 0 Å². The molecule has 0 aliphatic heterocycles. The topological polar surface area (TPSA) is 49.4 Å². The Morgan fingerprint density at radius 1 is 1.22 bits per heavy atom. The molecule has 2 amide bonds. The van der Waals surface area contributed by atoms with E-state index in [-0.39, 0.29) is 18.4 Å². The zero-order chi connectivity index (χ0) is 16.7. The molecule has 0 saturated carbocycles. The molecular weight excluding hydrogens is 356 g/mol. The van der Waals surface area contributed by atoms with Crippen molar-refractivity contribution in [1.82, 2.24) is 5.32 Å². The zero-order valence-corrected chi connectivity index (χ0v) is 15.1. The maximum atomic E-state index is 12.1. The lowest BCUT2D eigenvalue weighted by molar-refractivity contribution is -0.123. The Morgan fingerprint density at radius 2 is 1.96 bits per heavy atom. The van der Waals surface area contributed by atoms with Gasteiger partial charge in [0, 0.05) is 23.6 Å². The van der Waals surface area contributed by atoms with Crippen molar-refractivity contribution in [3.05, 3.63) is 40.4 Å². The van der Waals surface area contributed by atoms with E-state index in [0.717, 1.165) is 29.4 Å². The van der Waals surface area contributed by atoms with Crippen LogP contribution < -0.4 is 10.2 Å². The van der Waals surface area contributed by atoms with E-state index < -0.39 is 0 Å². The fourth-order valence-corrected chi connectivity index (χ4v) is 2.96. The van der Waals surface area contributed by atoms with Crippen LogP contribution in [0.25, 0.3) is 0 Å². The van der Waals surface area contributed by atoms with Crippen LogP contribution in [0, 0.1) is 0 Å².